The lowest BCUT2D eigenvalue weighted by molar-refractivity contribution is -0.155. The Morgan fingerprint density at radius 1 is 1.42 bits per heavy atom. The number of ether oxygens (including phenoxy) is 1. The maximum atomic E-state index is 12.3. The molecule has 19 heavy (non-hydrogen) atoms. The summed E-state index contributed by atoms with van der Waals surface area (Å²) < 4.78 is 5.80. The van der Waals surface area contributed by atoms with Crippen molar-refractivity contribution in [3.05, 3.63) is 12.7 Å². The fourth-order valence-corrected chi connectivity index (χ4v) is 4.32. The zero-order valence-corrected chi connectivity index (χ0v) is 12.3. The molecule has 1 aliphatic heterocycles. The lowest BCUT2D eigenvalue weighted by Gasteiger charge is -2.38. The molecule has 2 aliphatic carbocycles. The van der Waals surface area contributed by atoms with E-state index in [-0.39, 0.29) is 22.9 Å². The molecule has 0 spiro atoms. The molecule has 2 bridgehead atoms. The van der Waals surface area contributed by atoms with Crippen molar-refractivity contribution in [1.82, 2.24) is 0 Å². The quantitative estimate of drug-likeness (QED) is 0.566. The first-order chi connectivity index (χ1) is 8.76. The number of fused-ring (bicyclic) bond motifs is 5. The monoisotopic (exact) mass is 261 g/mol. The number of nitrogens with zero attached hydrogens (tertiary/aromatic N) is 1. The van der Waals surface area contributed by atoms with E-state index in [1.165, 1.54) is 0 Å². The van der Waals surface area contributed by atoms with Gasteiger partial charge in [0.1, 0.15) is 6.10 Å². The second-order valence-electron chi connectivity index (χ2n) is 7.29. The van der Waals surface area contributed by atoms with Gasteiger partial charge in [0.05, 0.1) is 5.71 Å². The summed E-state index contributed by atoms with van der Waals surface area (Å²) in [5.41, 5.74) is 0.594. The molecule has 3 rings (SSSR count). The van der Waals surface area contributed by atoms with Crippen molar-refractivity contribution in [3.63, 3.8) is 0 Å². The van der Waals surface area contributed by atoms with Gasteiger partial charge in [-0.2, -0.15) is 0 Å². The Labute approximate surface area is 115 Å². The fourth-order valence-electron chi connectivity index (χ4n) is 4.32. The van der Waals surface area contributed by atoms with Crippen LogP contribution in [0.3, 0.4) is 0 Å². The van der Waals surface area contributed by atoms with E-state index < -0.39 is 5.54 Å². The number of hydrogen-bond donors (Lipinski definition) is 0. The van der Waals surface area contributed by atoms with Gasteiger partial charge in [-0.25, -0.2) is 4.79 Å². The first-order valence-electron chi connectivity index (χ1n) is 7.18. The first kappa shape index (κ1) is 12.9. The predicted molar refractivity (Wildman–Crippen MR) is 75.1 cm³/mol. The van der Waals surface area contributed by atoms with E-state index in [1.807, 2.05) is 6.92 Å². The Balaban J connectivity index is 2.11. The average Bonchev–Trinajstić information content (AvgIpc) is 2.62. The van der Waals surface area contributed by atoms with Crippen molar-refractivity contribution in [2.24, 2.45) is 21.7 Å². The summed E-state index contributed by atoms with van der Waals surface area (Å²) in [6.45, 7) is 12.5. The molecule has 3 heteroatoms. The number of hydrogen-bond acceptors (Lipinski definition) is 3. The number of aliphatic imine (C=N–C) groups is 1. The first-order valence-corrected chi connectivity index (χ1v) is 7.18. The Hall–Kier alpha value is -1.12. The molecular weight excluding hydrogens is 238 g/mol. The minimum absolute atomic E-state index is 0.0749. The normalized spacial score (nSPS) is 46.5. The minimum Gasteiger partial charge on any atom is -0.454 e. The van der Waals surface area contributed by atoms with Crippen LogP contribution in [0.25, 0.3) is 0 Å². The maximum Gasteiger partial charge on any atom is 0.334 e. The number of esters is 1. The molecule has 2 saturated carbocycles. The summed E-state index contributed by atoms with van der Waals surface area (Å²) in [6.07, 6.45) is 4.51. The summed E-state index contributed by atoms with van der Waals surface area (Å²) in [7, 11) is 0. The van der Waals surface area contributed by atoms with Gasteiger partial charge >= 0.3 is 5.97 Å². The molecule has 0 aromatic carbocycles. The summed E-state index contributed by atoms with van der Waals surface area (Å²) in [6, 6.07) is 0. The molecule has 0 aromatic heterocycles. The van der Waals surface area contributed by atoms with E-state index in [9.17, 15) is 4.79 Å². The molecule has 0 saturated heterocycles. The molecule has 2 fully saturated rings. The van der Waals surface area contributed by atoms with Crippen LogP contribution in [0.2, 0.25) is 0 Å². The maximum absolute atomic E-state index is 12.3. The van der Waals surface area contributed by atoms with Gasteiger partial charge in [0.25, 0.3) is 0 Å². The topological polar surface area (TPSA) is 38.7 Å². The van der Waals surface area contributed by atoms with Crippen molar-refractivity contribution >= 4 is 11.7 Å². The van der Waals surface area contributed by atoms with E-state index in [4.69, 9.17) is 9.73 Å². The van der Waals surface area contributed by atoms with Crippen molar-refractivity contribution in [1.29, 1.82) is 0 Å². The second kappa shape index (κ2) is 3.50. The van der Waals surface area contributed by atoms with Crippen LogP contribution in [0.4, 0.5) is 0 Å². The Kier molecular flexibility index (Phi) is 2.37. The van der Waals surface area contributed by atoms with Crippen molar-refractivity contribution < 1.29 is 9.53 Å². The minimum atomic E-state index is -0.767. The molecule has 104 valence electrons. The van der Waals surface area contributed by atoms with Crippen LogP contribution in [-0.2, 0) is 9.53 Å². The Morgan fingerprint density at radius 3 is 2.74 bits per heavy atom. The third-order valence-corrected chi connectivity index (χ3v) is 6.09. The molecule has 3 aliphatic rings. The second-order valence-corrected chi connectivity index (χ2v) is 7.29. The zero-order valence-electron chi connectivity index (χ0n) is 12.3. The van der Waals surface area contributed by atoms with Crippen LogP contribution in [0.1, 0.15) is 47.0 Å². The van der Waals surface area contributed by atoms with E-state index in [2.05, 4.69) is 27.4 Å². The van der Waals surface area contributed by atoms with Gasteiger partial charge in [-0.1, -0.05) is 26.8 Å². The molecule has 3 nitrogen and oxygen atoms in total. The summed E-state index contributed by atoms with van der Waals surface area (Å²) in [5, 5.41) is 0. The smallest absolute Gasteiger partial charge is 0.334 e. The molecule has 0 amide bonds. The third kappa shape index (κ3) is 1.34. The SMILES string of the molecule is C=CC[C@]1(C)N=C2[C@H](OC1=O)[C@H]1CC[C@]2(C)C1(C)C. The molecule has 4 atom stereocenters. The van der Waals surface area contributed by atoms with Crippen LogP contribution in [0, 0.1) is 16.7 Å². The van der Waals surface area contributed by atoms with Crippen LogP contribution in [0.5, 0.6) is 0 Å². The lowest BCUT2D eigenvalue weighted by atomic mass is 9.70. The van der Waals surface area contributed by atoms with E-state index in [0.29, 0.717) is 12.3 Å². The number of carbonyl (C=O) groups is 1. The summed E-state index contributed by atoms with van der Waals surface area (Å²) in [5.74, 6) is 0.238. The highest BCUT2D eigenvalue weighted by Gasteiger charge is 2.68. The Morgan fingerprint density at radius 2 is 2.11 bits per heavy atom. The number of rotatable bonds is 2. The number of carbonyl (C=O) groups excluding carboxylic acids is 1. The van der Waals surface area contributed by atoms with Gasteiger partial charge < -0.3 is 4.74 Å². The standard InChI is InChI=1S/C16H23NO2/c1-6-8-16(5)13(18)19-11-10-7-9-15(4,12(11)17-16)14(10,2)3/h6,10-11H,1,7-9H2,2-5H3/t10-,11-,15+,16+/m1/s1. The highest BCUT2D eigenvalue weighted by Crippen LogP contribution is 2.65. The van der Waals surface area contributed by atoms with Gasteiger partial charge in [0, 0.05) is 17.8 Å². The zero-order chi connectivity index (χ0) is 14.1. The van der Waals surface area contributed by atoms with Crippen LogP contribution < -0.4 is 0 Å². The molecule has 1 heterocycles. The summed E-state index contributed by atoms with van der Waals surface area (Å²) >= 11 is 0. The Bertz CT molecular complexity index is 493. The molecule has 0 aromatic rings. The highest BCUT2D eigenvalue weighted by atomic mass is 16.5. The van der Waals surface area contributed by atoms with E-state index in [0.717, 1.165) is 18.6 Å². The van der Waals surface area contributed by atoms with E-state index in [1.54, 1.807) is 6.08 Å². The lowest BCUT2D eigenvalue weighted by Crippen LogP contribution is -2.49. The molecule has 0 N–H and O–H groups in total. The van der Waals surface area contributed by atoms with Crippen LogP contribution in [0.15, 0.2) is 17.6 Å². The van der Waals surface area contributed by atoms with Crippen LogP contribution >= 0.6 is 0 Å². The van der Waals surface area contributed by atoms with Gasteiger partial charge in [-0.15, -0.1) is 6.58 Å². The van der Waals surface area contributed by atoms with Crippen LogP contribution in [-0.4, -0.2) is 23.3 Å². The fraction of sp³-hybridized carbons (Fsp3) is 0.750. The average molecular weight is 261 g/mol. The largest absolute Gasteiger partial charge is 0.454 e. The van der Waals surface area contributed by atoms with Gasteiger partial charge in [0.15, 0.2) is 5.54 Å². The summed E-state index contributed by atoms with van der Waals surface area (Å²) in [4.78, 5) is 17.1. The van der Waals surface area contributed by atoms with Crippen molar-refractivity contribution in [2.45, 2.75) is 58.6 Å². The van der Waals surface area contributed by atoms with E-state index >= 15 is 0 Å². The van der Waals surface area contributed by atoms with Crippen molar-refractivity contribution in [2.75, 3.05) is 0 Å². The van der Waals surface area contributed by atoms with Crippen molar-refractivity contribution in [3.8, 4) is 0 Å². The third-order valence-electron chi connectivity index (χ3n) is 6.09. The molecule has 0 unspecified atom stereocenters. The molecule has 0 radical (unpaired) electrons. The molecular formula is C16H23NO2. The van der Waals surface area contributed by atoms with Gasteiger partial charge in [-0.05, 0) is 25.2 Å². The predicted octanol–water partition coefficient (Wildman–Crippen LogP) is 3.14. The highest BCUT2D eigenvalue weighted by molar-refractivity contribution is 6.04. The van der Waals surface area contributed by atoms with Gasteiger partial charge in [0.2, 0.25) is 0 Å². The van der Waals surface area contributed by atoms with Gasteiger partial charge in [-0.3, -0.25) is 4.99 Å².